The summed E-state index contributed by atoms with van der Waals surface area (Å²) in [5.41, 5.74) is 1.13. The van der Waals surface area contributed by atoms with Gasteiger partial charge in [0.1, 0.15) is 0 Å². The Bertz CT molecular complexity index is 681. The number of aromatic nitrogens is 2. The van der Waals surface area contributed by atoms with Crippen LogP contribution in [0.2, 0.25) is 0 Å². The van der Waals surface area contributed by atoms with E-state index in [2.05, 4.69) is 30.2 Å². The molecule has 88 valence electrons. The highest BCUT2D eigenvalue weighted by molar-refractivity contribution is 7.19. The first-order valence-electron chi connectivity index (χ1n) is 5.68. The lowest BCUT2D eigenvalue weighted by molar-refractivity contribution is 0.170. The van der Waals surface area contributed by atoms with E-state index in [0.717, 1.165) is 10.9 Å². The quantitative estimate of drug-likeness (QED) is 0.755. The van der Waals surface area contributed by atoms with Crippen molar-refractivity contribution in [2.75, 3.05) is 0 Å². The molecule has 0 aliphatic heterocycles. The Morgan fingerprint density at radius 2 is 2.29 bits per heavy atom. The van der Waals surface area contributed by atoms with Crippen LogP contribution in [0.5, 0.6) is 0 Å². The van der Waals surface area contributed by atoms with Crippen LogP contribution in [0.15, 0.2) is 24.4 Å². The second-order valence-corrected chi connectivity index (χ2v) is 5.74. The van der Waals surface area contributed by atoms with Crippen LogP contribution in [-0.2, 0) is 6.54 Å². The Balaban J connectivity index is 2.33. The second kappa shape index (κ2) is 3.82. The summed E-state index contributed by atoms with van der Waals surface area (Å²) in [7, 11) is 0. The molecule has 3 rings (SSSR count). The van der Waals surface area contributed by atoms with E-state index in [4.69, 9.17) is 0 Å². The number of nitrogens with zero attached hydrogens (tertiary/aromatic N) is 2. The molecule has 0 saturated carbocycles. The molecule has 2 aromatic heterocycles. The van der Waals surface area contributed by atoms with E-state index in [0.29, 0.717) is 6.54 Å². The third-order valence-corrected chi connectivity index (χ3v) is 3.87. The fourth-order valence-corrected chi connectivity index (χ4v) is 3.14. The molecule has 0 spiro atoms. The summed E-state index contributed by atoms with van der Waals surface area (Å²) in [6.45, 7) is 4.44. The number of fused-ring (bicyclic) bond motifs is 3. The average molecular weight is 246 g/mol. The van der Waals surface area contributed by atoms with E-state index in [9.17, 15) is 5.11 Å². The van der Waals surface area contributed by atoms with Crippen LogP contribution >= 0.6 is 11.3 Å². The molecule has 0 unspecified atom stereocenters. The predicted octanol–water partition coefficient (Wildman–Crippen LogP) is 2.94. The summed E-state index contributed by atoms with van der Waals surface area (Å²) >= 11 is 1.79. The van der Waals surface area contributed by atoms with Crippen molar-refractivity contribution in [2.45, 2.75) is 26.5 Å². The Morgan fingerprint density at radius 3 is 3.06 bits per heavy atom. The van der Waals surface area contributed by atoms with E-state index >= 15 is 0 Å². The van der Waals surface area contributed by atoms with Crippen molar-refractivity contribution >= 4 is 32.3 Å². The van der Waals surface area contributed by atoms with E-state index in [-0.39, 0.29) is 6.10 Å². The normalized spacial score (nSPS) is 13.6. The fourth-order valence-electron chi connectivity index (χ4n) is 2.21. The molecule has 3 aromatic rings. The maximum Gasteiger partial charge on any atom is 0.0770 e. The first-order valence-corrected chi connectivity index (χ1v) is 6.49. The molecule has 4 heteroatoms. The van der Waals surface area contributed by atoms with Crippen molar-refractivity contribution in [3.63, 3.8) is 0 Å². The molecule has 0 fully saturated rings. The van der Waals surface area contributed by atoms with E-state index in [1.807, 2.05) is 10.9 Å². The highest BCUT2D eigenvalue weighted by Gasteiger charge is 2.10. The van der Waals surface area contributed by atoms with Gasteiger partial charge in [-0.15, -0.1) is 11.3 Å². The first kappa shape index (κ1) is 10.7. The molecule has 0 amide bonds. The number of hydrogen-bond donors (Lipinski definition) is 1. The Morgan fingerprint density at radius 1 is 1.47 bits per heavy atom. The van der Waals surface area contributed by atoms with Gasteiger partial charge in [-0.1, -0.05) is 0 Å². The predicted molar refractivity (Wildman–Crippen MR) is 71.5 cm³/mol. The van der Waals surface area contributed by atoms with Crippen molar-refractivity contribution in [2.24, 2.45) is 0 Å². The van der Waals surface area contributed by atoms with Crippen LogP contribution in [0.25, 0.3) is 21.0 Å². The van der Waals surface area contributed by atoms with Gasteiger partial charge in [0, 0.05) is 20.3 Å². The van der Waals surface area contributed by atoms with Crippen LogP contribution < -0.4 is 0 Å². The standard InChI is InChI=1S/C13H14N2OS/c1-8(16)7-15-13-10(6-14-15)3-4-12-11(13)5-9(2)17-12/h3-6,8,16H,7H2,1-2H3/t8-/m1/s1. The first-order chi connectivity index (χ1) is 8.15. The monoisotopic (exact) mass is 246 g/mol. The summed E-state index contributed by atoms with van der Waals surface area (Å²) in [5, 5.41) is 16.2. The molecule has 1 N–H and O–H groups in total. The lowest BCUT2D eigenvalue weighted by atomic mass is 10.2. The molecule has 1 aromatic carbocycles. The van der Waals surface area contributed by atoms with Crippen molar-refractivity contribution in [1.82, 2.24) is 9.78 Å². The van der Waals surface area contributed by atoms with E-state index in [1.165, 1.54) is 15.0 Å². The van der Waals surface area contributed by atoms with Gasteiger partial charge < -0.3 is 5.11 Å². The zero-order valence-corrected chi connectivity index (χ0v) is 10.7. The van der Waals surface area contributed by atoms with Crippen LogP contribution in [-0.4, -0.2) is 21.0 Å². The molecule has 0 radical (unpaired) electrons. The average Bonchev–Trinajstić information content (AvgIpc) is 2.79. The number of benzene rings is 1. The van der Waals surface area contributed by atoms with Gasteiger partial charge in [0.25, 0.3) is 0 Å². The molecule has 3 nitrogen and oxygen atoms in total. The maximum atomic E-state index is 9.50. The number of aryl methyl sites for hydroxylation is 1. The van der Waals surface area contributed by atoms with Crippen LogP contribution in [0.3, 0.4) is 0 Å². The third-order valence-electron chi connectivity index (χ3n) is 2.86. The molecule has 0 bridgehead atoms. The van der Waals surface area contributed by atoms with Gasteiger partial charge in [-0.25, -0.2) is 0 Å². The summed E-state index contributed by atoms with van der Waals surface area (Å²) in [6, 6.07) is 6.44. The molecule has 17 heavy (non-hydrogen) atoms. The van der Waals surface area contributed by atoms with Crippen molar-refractivity contribution < 1.29 is 5.11 Å². The Hall–Kier alpha value is -1.39. The number of aliphatic hydroxyl groups excluding tert-OH is 1. The minimum absolute atomic E-state index is 0.381. The topological polar surface area (TPSA) is 38.0 Å². The summed E-state index contributed by atoms with van der Waals surface area (Å²) in [4.78, 5) is 1.30. The molecule has 2 heterocycles. The summed E-state index contributed by atoms with van der Waals surface area (Å²) in [6.07, 6.45) is 1.48. The summed E-state index contributed by atoms with van der Waals surface area (Å²) < 4.78 is 3.18. The SMILES string of the molecule is Cc1cc2c(ccc3cnn(C[C@@H](C)O)c32)s1. The highest BCUT2D eigenvalue weighted by Crippen LogP contribution is 2.31. The van der Waals surface area contributed by atoms with Gasteiger partial charge in [-0.05, 0) is 32.0 Å². The second-order valence-electron chi connectivity index (χ2n) is 4.45. The zero-order chi connectivity index (χ0) is 12.0. The lowest BCUT2D eigenvalue weighted by Gasteiger charge is -2.06. The minimum atomic E-state index is -0.381. The summed E-state index contributed by atoms with van der Waals surface area (Å²) in [5.74, 6) is 0. The van der Waals surface area contributed by atoms with Crippen LogP contribution in [0.1, 0.15) is 11.8 Å². The van der Waals surface area contributed by atoms with Crippen LogP contribution in [0.4, 0.5) is 0 Å². The molecule has 0 aliphatic rings. The van der Waals surface area contributed by atoms with Gasteiger partial charge in [-0.3, -0.25) is 4.68 Å². The van der Waals surface area contributed by atoms with E-state index < -0.39 is 0 Å². The van der Waals surface area contributed by atoms with Gasteiger partial charge in [-0.2, -0.15) is 5.10 Å². The highest BCUT2D eigenvalue weighted by atomic mass is 32.1. The molecule has 0 saturated heterocycles. The molecule has 1 atom stereocenters. The van der Waals surface area contributed by atoms with Crippen LogP contribution in [0, 0.1) is 6.92 Å². The number of thiophene rings is 1. The third kappa shape index (κ3) is 1.73. The van der Waals surface area contributed by atoms with Gasteiger partial charge >= 0.3 is 0 Å². The fraction of sp³-hybridized carbons (Fsp3) is 0.308. The van der Waals surface area contributed by atoms with E-state index in [1.54, 1.807) is 18.3 Å². The van der Waals surface area contributed by atoms with Gasteiger partial charge in [0.2, 0.25) is 0 Å². The number of hydrogen-bond acceptors (Lipinski definition) is 3. The molecular formula is C13H14N2OS. The van der Waals surface area contributed by atoms with Crippen molar-refractivity contribution in [1.29, 1.82) is 0 Å². The number of aliphatic hydroxyl groups is 1. The molecule has 0 aliphatic carbocycles. The largest absolute Gasteiger partial charge is 0.391 e. The van der Waals surface area contributed by atoms with Gasteiger partial charge in [0.15, 0.2) is 0 Å². The molecular weight excluding hydrogens is 232 g/mol. The zero-order valence-electron chi connectivity index (χ0n) is 9.84. The lowest BCUT2D eigenvalue weighted by Crippen LogP contribution is -2.12. The maximum absolute atomic E-state index is 9.50. The van der Waals surface area contributed by atoms with Crippen molar-refractivity contribution in [3.05, 3.63) is 29.3 Å². The van der Waals surface area contributed by atoms with Crippen molar-refractivity contribution in [3.8, 4) is 0 Å². The smallest absolute Gasteiger partial charge is 0.0770 e. The van der Waals surface area contributed by atoms with Gasteiger partial charge in [0.05, 0.1) is 24.4 Å². The number of rotatable bonds is 2. The Kier molecular flexibility index (Phi) is 2.42. The Labute approximate surface area is 103 Å². The minimum Gasteiger partial charge on any atom is -0.391 e.